The summed E-state index contributed by atoms with van der Waals surface area (Å²) in [6.45, 7) is 0. The zero-order valence-electron chi connectivity index (χ0n) is 10.0. The van der Waals surface area contributed by atoms with Crippen molar-refractivity contribution in [3.8, 4) is 10.8 Å². The molecule has 6 heteroatoms. The van der Waals surface area contributed by atoms with Crippen LogP contribution in [0.15, 0.2) is 45.3 Å². The average Bonchev–Trinajstić information content (AvgIpc) is 2.92. The molecule has 1 aromatic carbocycles. The molecule has 0 spiro atoms. The Labute approximate surface area is 111 Å². The number of ether oxygens (including phenoxy) is 1. The zero-order chi connectivity index (χ0) is 13.4. The van der Waals surface area contributed by atoms with Crippen LogP contribution >= 0.6 is 11.3 Å². The van der Waals surface area contributed by atoms with Crippen LogP contribution < -0.4 is 16.0 Å². The second-order valence-corrected chi connectivity index (χ2v) is 4.86. The van der Waals surface area contributed by atoms with E-state index >= 15 is 0 Å². The number of H-pyrrole nitrogens is 1. The summed E-state index contributed by atoms with van der Waals surface area (Å²) < 4.78 is 6.23. The number of hydrogen-bond acceptors (Lipinski definition) is 4. The molecule has 0 atom stereocenters. The number of aromatic nitrogens is 2. The van der Waals surface area contributed by atoms with Gasteiger partial charge in [-0.25, -0.2) is 9.36 Å². The Kier molecular flexibility index (Phi) is 2.72. The number of thiophene rings is 1. The highest BCUT2D eigenvalue weighted by Crippen LogP contribution is 2.17. The summed E-state index contributed by atoms with van der Waals surface area (Å²) in [7, 11) is 1.53. The fraction of sp³-hybridized carbons (Fsp3) is 0.0769. The highest BCUT2D eigenvalue weighted by molar-refractivity contribution is 7.12. The van der Waals surface area contributed by atoms with E-state index in [-0.39, 0.29) is 5.56 Å². The van der Waals surface area contributed by atoms with Gasteiger partial charge in [0.05, 0.1) is 18.0 Å². The van der Waals surface area contributed by atoms with Gasteiger partial charge in [-0.3, -0.25) is 4.79 Å². The van der Waals surface area contributed by atoms with Crippen molar-refractivity contribution in [2.75, 3.05) is 7.11 Å². The van der Waals surface area contributed by atoms with Crippen molar-refractivity contribution in [1.82, 2.24) is 9.55 Å². The summed E-state index contributed by atoms with van der Waals surface area (Å²) in [4.78, 5) is 27.1. The Morgan fingerprint density at radius 3 is 2.79 bits per heavy atom. The number of hydrogen-bond donors (Lipinski definition) is 1. The summed E-state index contributed by atoms with van der Waals surface area (Å²) in [6.07, 6.45) is 0. The Balaban J connectivity index is 2.41. The maximum atomic E-state index is 12.4. The van der Waals surface area contributed by atoms with E-state index in [1.54, 1.807) is 30.3 Å². The first kappa shape index (κ1) is 11.7. The monoisotopic (exact) mass is 274 g/mol. The lowest BCUT2D eigenvalue weighted by atomic mass is 10.2. The number of aromatic amines is 1. The fourth-order valence-corrected chi connectivity index (χ4v) is 2.64. The summed E-state index contributed by atoms with van der Waals surface area (Å²) in [6, 6.07) is 8.51. The molecule has 0 fully saturated rings. The largest absolute Gasteiger partial charge is 0.497 e. The van der Waals surface area contributed by atoms with Crippen LogP contribution in [0.1, 0.15) is 0 Å². The molecular formula is C13H10N2O3S. The van der Waals surface area contributed by atoms with Crippen molar-refractivity contribution in [2.24, 2.45) is 0 Å². The van der Waals surface area contributed by atoms with E-state index in [0.29, 0.717) is 21.7 Å². The van der Waals surface area contributed by atoms with Crippen molar-refractivity contribution in [2.45, 2.75) is 0 Å². The SMILES string of the molecule is COc1ccc2[nH]c(=O)n(-c3cccs3)c(=O)c2c1. The van der Waals surface area contributed by atoms with Crippen LogP contribution in [-0.4, -0.2) is 16.7 Å². The molecule has 0 radical (unpaired) electrons. The maximum absolute atomic E-state index is 12.4. The molecule has 0 aliphatic rings. The molecule has 0 saturated heterocycles. The molecule has 0 unspecified atom stereocenters. The minimum atomic E-state index is -0.440. The summed E-state index contributed by atoms with van der Waals surface area (Å²) in [5.74, 6) is 0.578. The molecule has 0 amide bonds. The predicted molar refractivity (Wildman–Crippen MR) is 74.6 cm³/mol. The summed E-state index contributed by atoms with van der Waals surface area (Å²) in [5, 5.41) is 2.83. The third-order valence-electron chi connectivity index (χ3n) is 2.83. The lowest BCUT2D eigenvalue weighted by molar-refractivity contribution is 0.415. The van der Waals surface area contributed by atoms with Crippen LogP contribution in [0.2, 0.25) is 0 Å². The van der Waals surface area contributed by atoms with Crippen LogP contribution in [0, 0.1) is 0 Å². The minimum Gasteiger partial charge on any atom is -0.497 e. The molecule has 0 aliphatic heterocycles. The Morgan fingerprint density at radius 2 is 2.11 bits per heavy atom. The first-order valence-corrected chi connectivity index (χ1v) is 6.45. The predicted octanol–water partition coefficient (Wildman–Crippen LogP) is 1.75. The molecule has 1 N–H and O–H groups in total. The molecule has 2 heterocycles. The smallest absolute Gasteiger partial charge is 0.334 e. The average molecular weight is 274 g/mol. The van der Waals surface area contributed by atoms with Gasteiger partial charge in [0.2, 0.25) is 0 Å². The summed E-state index contributed by atoms with van der Waals surface area (Å²) >= 11 is 1.33. The van der Waals surface area contributed by atoms with Crippen molar-refractivity contribution >= 4 is 22.2 Å². The van der Waals surface area contributed by atoms with Crippen LogP contribution in [-0.2, 0) is 0 Å². The molecule has 19 heavy (non-hydrogen) atoms. The van der Waals surface area contributed by atoms with Gasteiger partial charge >= 0.3 is 5.69 Å². The third kappa shape index (κ3) is 1.86. The summed E-state index contributed by atoms with van der Waals surface area (Å²) in [5.41, 5.74) is -0.283. The minimum absolute atomic E-state index is 0.347. The Hall–Kier alpha value is -2.34. The van der Waals surface area contributed by atoms with E-state index in [1.165, 1.54) is 18.4 Å². The van der Waals surface area contributed by atoms with Gasteiger partial charge < -0.3 is 9.72 Å². The topological polar surface area (TPSA) is 64.1 Å². The molecule has 3 aromatic rings. The van der Waals surface area contributed by atoms with Gasteiger partial charge in [0.25, 0.3) is 5.56 Å². The molecule has 5 nitrogen and oxygen atoms in total. The second-order valence-electron chi connectivity index (χ2n) is 3.93. The van der Waals surface area contributed by atoms with Crippen LogP contribution in [0.4, 0.5) is 0 Å². The molecule has 0 bridgehead atoms. The lowest BCUT2D eigenvalue weighted by Crippen LogP contribution is -2.32. The molecule has 3 rings (SSSR count). The number of rotatable bonds is 2. The van der Waals surface area contributed by atoms with E-state index < -0.39 is 5.69 Å². The molecule has 96 valence electrons. The number of benzene rings is 1. The zero-order valence-corrected chi connectivity index (χ0v) is 10.9. The molecule has 2 aromatic heterocycles. The highest BCUT2D eigenvalue weighted by Gasteiger charge is 2.10. The van der Waals surface area contributed by atoms with Gasteiger partial charge in [0.1, 0.15) is 10.8 Å². The first-order valence-electron chi connectivity index (χ1n) is 5.57. The number of nitrogens with one attached hydrogen (secondary N) is 1. The van der Waals surface area contributed by atoms with Crippen LogP contribution in [0.25, 0.3) is 15.9 Å². The van der Waals surface area contributed by atoms with Crippen LogP contribution in [0.5, 0.6) is 5.75 Å². The number of fused-ring (bicyclic) bond motifs is 1. The van der Waals surface area contributed by atoms with Crippen molar-refractivity contribution in [3.63, 3.8) is 0 Å². The van der Waals surface area contributed by atoms with Crippen molar-refractivity contribution in [3.05, 3.63) is 56.5 Å². The van der Waals surface area contributed by atoms with Gasteiger partial charge in [-0.05, 0) is 35.7 Å². The van der Waals surface area contributed by atoms with Crippen molar-refractivity contribution in [1.29, 1.82) is 0 Å². The third-order valence-corrected chi connectivity index (χ3v) is 3.68. The Morgan fingerprint density at radius 1 is 1.26 bits per heavy atom. The number of methoxy groups -OCH3 is 1. The van der Waals surface area contributed by atoms with E-state index in [9.17, 15) is 9.59 Å². The molecule has 0 aliphatic carbocycles. The van der Waals surface area contributed by atoms with E-state index in [4.69, 9.17) is 4.74 Å². The van der Waals surface area contributed by atoms with E-state index in [1.807, 2.05) is 5.38 Å². The van der Waals surface area contributed by atoms with Crippen LogP contribution in [0.3, 0.4) is 0 Å². The lowest BCUT2D eigenvalue weighted by Gasteiger charge is -2.05. The first-order chi connectivity index (χ1) is 9.20. The fourth-order valence-electron chi connectivity index (χ4n) is 1.92. The van der Waals surface area contributed by atoms with Gasteiger partial charge in [-0.2, -0.15) is 0 Å². The Bertz CT molecular complexity index is 846. The normalized spacial score (nSPS) is 10.8. The van der Waals surface area contributed by atoms with Gasteiger partial charge in [0, 0.05) is 0 Å². The maximum Gasteiger partial charge on any atom is 0.334 e. The van der Waals surface area contributed by atoms with E-state index in [0.717, 1.165) is 4.57 Å². The second kappa shape index (κ2) is 4.40. The van der Waals surface area contributed by atoms with Crippen molar-refractivity contribution < 1.29 is 4.74 Å². The number of nitrogens with zero attached hydrogens (tertiary/aromatic N) is 1. The molecular weight excluding hydrogens is 264 g/mol. The van der Waals surface area contributed by atoms with Gasteiger partial charge in [-0.1, -0.05) is 0 Å². The van der Waals surface area contributed by atoms with Gasteiger partial charge in [-0.15, -0.1) is 11.3 Å². The van der Waals surface area contributed by atoms with E-state index in [2.05, 4.69) is 4.98 Å². The molecule has 0 saturated carbocycles. The standard InChI is InChI=1S/C13H10N2O3S/c1-18-8-4-5-10-9(7-8)12(16)15(13(17)14-10)11-3-2-6-19-11/h2-7H,1H3,(H,14,17). The van der Waals surface area contributed by atoms with Gasteiger partial charge in [0.15, 0.2) is 0 Å². The quantitative estimate of drug-likeness (QED) is 0.774. The highest BCUT2D eigenvalue weighted by atomic mass is 32.1.